The highest BCUT2D eigenvalue weighted by Crippen LogP contribution is 2.19. The molecule has 14 heavy (non-hydrogen) atoms. The Balaban J connectivity index is 2.11. The van der Waals surface area contributed by atoms with Crippen LogP contribution in [0, 0.1) is 10.1 Å². The van der Waals surface area contributed by atoms with Gasteiger partial charge in [0.05, 0.1) is 12.7 Å². The van der Waals surface area contributed by atoms with Gasteiger partial charge in [0, 0.05) is 13.1 Å². The number of aromatic nitrogens is 2. The number of H-pyrrole nitrogens is 1. The van der Waals surface area contributed by atoms with Crippen LogP contribution in [0.25, 0.3) is 0 Å². The molecule has 2 rings (SSSR count). The summed E-state index contributed by atoms with van der Waals surface area (Å²) in [4.78, 5) is 9.87. The van der Waals surface area contributed by atoms with Crippen molar-refractivity contribution in [3.63, 3.8) is 0 Å². The van der Waals surface area contributed by atoms with Gasteiger partial charge in [-0.15, -0.1) is 5.10 Å². The van der Waals surface area contributed by atoms with Crippen molar-refractivity contribution >= 4 is 5.82 Å². The van der Waals surface area contributed by atoms with Crippen molar-refractivity contribution in [2.45, 2.75) is 6.10 Å². The number of hydrogen-bond donors (Lipinski definition) is 2. The third kappa shape index (κ3) is 1.73. The first-order valence-electron chi connectivity index (χ1n) is 4.29. The van der Waals surface area contributed by atoms with Gasteiger partial charge < -0.3 is 20.2 Å². The molecule has 0 aromatic carbocycles. The molecular formula is C7H10N4O3. The van der Waals surface area contributed by atoms with Gasteiger partial charge in [-0.1, -0.05) is 5.10 Å². The summed E-state index contributed by atoms with van der Waals surface area (Å²) < 4.78 is 5.39. The van der Waals surface area contributed by atoms with E-state index in [2.05, 4.69) is 15.5 Å². The molecule has 0 saturated carbocycles. The van der Waals surface area contributed by atoms with Gasteiger partial charge in [0.1, 0.15) is 11.8 Å². The van der Waals surface area contributed by atoms with Crippen molar-refractivity contribution in [2.75, 3.05) is 19.7 Å². The predicted octanol–water partition coefficient (Wildman–Crippen LogP) is -0.0212. The van der Waals surface area contributed by atoms with Crippen LogP contribution in [0.15, 0.2) is 6.07 Å². The summed E-state index contributed by atoms with van der Waals surface area (Å²) in [7, 11) is 0. The molecule has 7 heteroatoms. The molecule has 0 spiro atoms. The molecule has 0 bridgehead atoms. The van der Waals surface area contributed by atoms with Gasteiger partial charge in [-0.3, -0.25) is 0 Å². The van der Waals surface area contributed by atoms with E-state index in [0.29, 0.717) is 18.8 Å². The van der Waals surface area contributed by atoms with E-state index in [9.17, 15) is 10.1 Å². The van der Waals surface area contributed by atoms with Crippen LogP contribution in [0.1, 0.15) is 11.8 Å². The van der Waals surface area contributed by atoms with Gasteiger partial charge in [0.25, 0.3) is 0 Å². The molecule has 2 heterocycles. The minimum Gasteiger partial charge on any atom is -0.369 e. The maximum absolute atomic E-state index is 10.4. The van der Waals surface area contributed by atoms with Crippen LogP contribution >= 0.6 is 0 Å². The van der Waals surface area contributed by atoms with Crippen LogP contribution in [0.4, 0.5) is 5.82 Å². The fourth-order valence-corrected chi connectivity index (χ4v) is 1.34. The highest BCUT2D eigenvalue weighted by atomic mass is 16.6. The molecule has 0 amide bonds. The summed E-state index contributed by atoms with van der Waals surface area (Å²) in [5.41, 5.74) is 0.573. The molecule has 1 aliphatic heterocycles. The first kappa shape index (κ1) is 9.10. The van der Waals surface area contributed by atoms with Crippen molar-refractivity contribution < 1.29 is 9.66 Å². The van der Waals surface area contributed by atoms with Crippen molar-refractivity contribution in [3.05, 3.63) is 21.9 Å². The van der Waals surface area contributed by atoms with Gasteiger partial charge in [-0.2, -0.15) is 0 Å². The standard InChI is InChI=1S/C7H10N4O3/c12-11(13)7-3-5(9-10-7)6-4-8-1-2-14-6/h3,6,8H,1-2,4H2,(H,9,10). The summed E-state index contributed by atoms with van der Waals surface area (Å²) in [5, 5.41) is 19.7. The highest BCUT2D eigenvalue weighted by Gasteiger charge is 2.21. The average Bonchev–Trinajstić information content (AvgIpc) is 2.68. The fraction of sp³-hybridized carbons (Fsp3) is 0.571. The van der Waals surface area contributed by atoms with Gasteiger partial charge in [0.15, 0.2) is 0 Å². The number of morpholine rings is 1. The Morgan fingerprint density at radius 3 is 3.14 bits per heavy atom. The third-order valence-corrected chi connectivity index (χ3v) is 2.04. The second kappa shape index (κ2) is 3.72. The van der Waals surface area contributed by atoms with Crippen molar-refractivity contribution in [3.8, 4) is 0 Å². The first-order valence-corrected chi connectivity index (χ1v) is 4.29. The maximum Gasteiger partial charge on any atom is 0.342 e. The lowest BCUT2D eigenvalue weighted by Crippen LogP contribution is -2.33. The molecule has 76 valence electrons. The molecule has 0 aliphatic carbocycles. The zero-order valence-electron chi connectivity index (χ0n) is 7.40. The second-order valence-corrected chi connectivity index (χ2v) is 3.00. The molecule has 1 aromatic heterocycles. The van der Waals surface area contributed by atoms with Gasteiger partial charge >= 0.3 is 5.82 Å². The molecule has 7 nitrogen and oxygen atoms in total. The summed E-state index contributed by atoms with van der Waals surface area (Å²) in [5.74, 6) is -0.103. The van der Waals surface area contributed by atoms with Crippen molar-refractivity contribution in [1.82, 2.24) is 15.5 Å². The van der Waals surface area contributed by atoms with E-state index in [-0.39, 0.29) is 11.9 Å². The lowest BCUT2D eigenvalue weighted by molar-refractivity contribution is -0.389. The van der Waals surface area contributed by atoms with Gasteiger partial charge in [0.2, 0.25) is 0 Å². The van der Waals surface area contributed by atoms with Crippen molar-refractivity contribution in [1.29, 1.82) is 0 Å². The molecule has 1 aromatic rings. The topological polar surface area (TPSA) is 93.1 Å². The minimum absolute atomic E-state index is 0.103. The molecule has 1 fully saturated rings. The van der Waals surface area contributed by atoms with Crippen molar-refractivity contribution in [2.24, 2.45) is 0 Å². The number of rotatable bonds is 2. The monoisotopic (exact) mass is 198 g/mol. The van der Waals surface area contributed by atoms with Crippen LogP contribution in [0.5, 0.6) is 0 Å². The van der Waals surface area contributed by atoms with Crippen LogP contribution in [-0.4, -0.2) is 34.8 Å². The van der Waals surface area contributed by atoms with Crippen LogP contribution < -0.4 is 5.32 Å². The molecule has 1 saturated heterocycles. The fourth-order valence-electron chi connectivity index (χ4n) is 1.34. The van der Waals surface area contributed by atoms with Crippen LogP contribution in [0.2, 0.25) is 0 Å². The van der Waals surface area contributed by atoms with E-state index in [4.69, 9.17) is 4.74 Å². The Labute approximate surface area is 79.6 Å². The lowest BCUT2D eigenvalue weighted by atomic mass is 10.2. The lowest BCUT2D eigenvalue weighted by Gasteiger charge is -2.20. The van der Waals surface area contributed by atoms with E-state index in [1.165, 1.54) is 6.07 Å². The van der Waals surface area contributed by atoms with Gasteiger partial charge in [-0.25, -0.2) is 0 Å². The SMILES string of the molecule is O=[N+]([O-])c1cc(C2CNCCO2)n[nH]1. The molecule has 1 atom stereocenters. The number of nitrogens with zero attached hydrogens (tertiary/aromatic N) is 2. The Kier molecular flexibility index (Phi) is 2.42. The molecule has 1 aliphatic rings. The molecule has 0 radical (unpaired) electrons. The minimum atomic E-state index is -0.507. The zero-order chi connectivity index (χ0) is 9.97. The van der Waals surface area contributed by atoms with E-state index >= 15 is 0 Å². The number of ether oxygens (including phenoxy) is 1. The first-order chi connectivity index (χ1) is 6.77. The normalized spacial score (nSPS) is 22.1. The zero-order valence-corrected chi connectivity index (χ0v) is 7.40. The van der Waals surface area contributed by atoms with E-state index in [1.54, 1.807) is 0 Å². The van der Waals surface area contributed by atoms with E-state index in [0.717, 1.165) is 6.54 Å². The maximum atomic E-state index is 10.4. The summed E-state index contributed by atoms with van der Waals surface area (Å²) in [6, 6.07) is 1.40. The van der Waals surface area contributed by atoms with E-state index in [1.807, 2.05) is 0 Å². The average molecular weight is 198 g/mol. The Morgan fingerprint density at radius 1 is 1.71 bits per heavy atom. The van der Waals surface area contributed by atoms with E-state index < -0.39 is 4.92 Å². The smallest absolute Gasteiger partial charge is 0.342 e. The summed E-state index contributed by atoms with van der Waals surface area (Å²) in [6.45, 7) is 2.05. The Bertz CT molecular complexity index is 331. The molecular weight excluding hydrogens is 188 g/mol. The number of nitrogens with one attached hydrogen (secondary N) is 2. The predicted molar refractivity (Wildman–Crippen MR) is 46.8 cm³/mol. The number of nitro groups is 1. The third-order valence-electron chi connectivity index (χ3n) is 2.04. The Hall–Kier alpha value is -1.47. The van der Waals surface area contributed by atoms with Gasteiger partial charge in [-0.05, 0) is 4.92 Å². The second-order valence-electron chi connectivity index (χ2n) is 3.00. The highest BCUT2D eigenvalue weighted by molar-refractivity contribution is 5.22. The number of aromatic amines is 1. The Morgan fingerprint density at radius 2 is 2.57 bits per heavy atom. The quantitative estimate of drug-likeness (QED) is 0.514. The molecule has 2 N–H and O–H groups in total. The van der Waals surface area contributed by atoms with Crippen LogP contribution in [-0.2, 0) is 4.74 Å². The number of hydrogen-bond acceptors (Lipinski definition) is 5. The molecule has 1 unspecified atom stereocenters. The largest absolute Gasteiger partial charge is 0.369 e. The summed E-state index contributed by atoms with van der Waals surface area (Å²) in [6.07, 6.45) is -0.186. The summed E-state index contributed by atoms with van der Waals surface area (Å²) >= 11 is 0. The van der Waals surface area contributed by atoms with Crippen LogP contribution in [0.3, 0.4) is 0 Å².